The highest BCUT2D eigenvalue weighted by molar-refractivity contribution is 5.48. The molecule has 4 atom stereocenters. The SMILES string of the molecule is COc1cc(N2C[C@H]3CC[C@@H](C2)[C@@H]3Nc2nc3n(n2)CCC[C@H]3Oc2cc(F)cc(F)c2)cnn1. The van der Waals surface area contributed by atoms with E-state index in [1.807, 2.05) is 10.7 Å². The second-order valence-electron chi connectivity index (χ2n) is 9.50. The Bertz CT molecular complexity index is 1190. The Morgan fingerprint density at radius 1 is 1.03 bits per heavy atom. The summed E-state index contributed by atoms with van der Waals surface area (Å²) in [4.78, 5) is 7.10. The van der Waals surface area contributed by atoms with E-state index in [4.69, 9.17) is 14.5 Å². The Morgan fingerprint density at radius 2 is 1.80 bits per heavy atom. The molecule has 1 aromatic carbocycles. The molecule has 9 nitrogen and oxygen atoms in total. The number of piperidine rings is 1. The summed E-state index contributed by atoms with van der Waals surface area (Å²) >= 11 is 0. The first kappa shape index (κ1) is 22.0. The van der Waals surface area contributed by atoms with Crippen molar-refractivity contribution in [2.75, 3.05) is 30.4 Å². The van der Waals surface area contributed by atoms with Crippen LogP contribution in [0.25, 0.3) is 0 Å². The van der Waals surface area contributed by atoms with Crippen LogP contribution in [0.1, 0.15) is 37.6 Å². The van der Waals surface area contributed by atoms with E-state index in [2.05, 4.69) is 25.5 Å². The van der Waals surface area contributed by atoms with Gasteiger partial charge in [0.1, 0.15) is 17.4 Å². The maximum Gasteiger partial charge on any atom is 0.242 e. The number of rotatable bonds is 6. The molecule has 1 saturated carbocycles. The maximum absolute atomic E-state index is 13.6. The molecule has 4 heterocycles. The van der Waals surface area contributed by atoms with Crippen molar-refractivity contribution in [2.24, 2.45) is 11.8 Å². The number of methoxy groups -OCH3 is 1. The fourth-order valence-corrected chi connectivity index (χ4v) is 5.67. The molecule has 2 aromatic heterocycles. The number of nitrogens with zero attached hydrogens (tertiary/aromatic N) is 6. The average Bonchev–Trinajstić information content (AvgIpc) is 3.35. The lowest BCUT2D eigenvalue weighted by atomic mass is 9.92. The van der Waals surface area contributed by atoms with E-state index in [1.54, 1.807) is 13.3 Å². The van der Waals surface area contributed by atoms with Crippen LogP contribution in [0, 0.1) is 23.5 Å². The van der Waals surface area contributed by atoms with E-state index in [0.29, 0.717) is 35.9 Å². The second kappa shape index (κ2) is 8.94. The number of nitrogens with one attached hydrogen (secondary N) is 1. The molecule has 1 aliphatic carbocycles. The number of aromatic nitrogens is 5. The first-order chi connectivity index (χ1) is 17.1. The Hall–Kier alpha value is -3.50. The Morgan fingerprint density at radius 3 is 2.54 bits per heavy atom. The molecule has 1 N–H and O–H groups in total. The summed E-state index contributed by atoms with van der Waals surface area (Å²) in [6.45, 7) is 2.56. The minimum atomic E-state index is -0.664. The first-order valence-corrected chi connectivity index (χ1v) is 12.0. The third-order valence-electron chi connectivity index (χ3n) is 7.26. The van der Waals surface area contributed by atoms with E-state index < -0.39 is 17.7 Å². The third-order valence-corrected chi connectivity index (χ3v) is 7.26. The first-order valence-electron chi connectivity index (χ1n) is 12.0. The van der Waals surface area contributed by atoms with Crippen molar-refractivity contribution in [1.29, 1.82) is 0 Å². The second-order valence-corrected chi connectivity index (χ2v) is 9.50. The van der Waals surface area contributed by atoms with Gasteiger partial charge in [-0.25, -0.2) is 13.5 Å². The molecule has 3 aromatic rings. The molecule has 0 unspecified atom stereocenters. The van der Waals surface area contributed by atoms with E-state index >= 15 is 0 Å². The van der Waals surface area contributed by atoms with Crippen LogP contribution in [0.3, 0.4) is 0 Å². The molecule has 3 aliphatic rings. The van der Waals surface area contributed by atoms with Gasteiger partial charge in [-0.2, -0.15) is 10.1 Å². The Kier molecular flexibility index (Phi) is 5.62. The smallest absolute Gasteiger partial charge is 0.242 e. The van der Waals surface area contributed by atoms with Crippen molar-refractivity contribution in [1.82, 2.24) is 25.0 Å². The van der Waals surface area contributed by atoms with Crippen molar-refractivity contribution < 1.29 is 18.3 Å². The molecule has 2 aliphatic heterocycles. The number of hydrogen-bond donors (Lipinski definition) is 1. The van der Waals surface area contributed by atoms with Gasteiger partial charge in [0.15, 0.2) is 11.9 Å². The van der Waals surface area contributed by atoms with Crippen LogP contribution in [0.5, 0.6) is 11.6 Å². The number of fused-ring (bicyclic) bond motifs is 3. The number of hydrogen-bond acceptors (Lipinski definition) is 8. The van der Waals surface area contributed by atoms with Crippen LogP contribution in [-0.4, -0.2) is 51.2 Å². The zero-order valence-corrected chi connectivity index (χ0v) is 19.4. The van der Waals surface area contributed by atoms with E-state index in [1.165, 1.54) is 12.1 Å². The minimum absolute atomic E-state index is 0.158. The van der Waals surface area contributed by atoms with Crippen LogP contribution in [-0.2, 0) is 6.54 Å². The predicted octanol–water partition coefficient (Wildman–Crippen LogP) is 3.60. The zero-order chi connectivity index (χ0) is 23.9. The summed E-state index contributed by atoms with van der Waals surface area (Å²) < 4.78 is 40.2. The summed E-state index contributed by atoms with van der Waals surface area (Å²) in [7, 11) is 1.59. The summed E-state index contributed by atoms with van der Waals surface area (Å²) in [5.74, 6) is 1.52. The monoisotopic (exact) mass is 483 g/mol. The third kappa shape index (κ3) is 4.35. The molecule has 35 heavy (non-hydrogen) atoms. The van der Waals surface area contributed by atoms with Crippen molar-refractivity contribution in [2.45, 2.75) is 44.4 Å². The van der Waals surface area contributed by atoms with E-state index in [0.717, 1.165) is 50.7 Å². The van der Waals surface area contributed by atoms with Crippen LogP contribution < -0.4 is 19.7 Å². The van der Waals surface area contributed by atoms with Gasteiger partial charge in [-0.1, -0.05) is 0 Å². The van der Waals surface area contributed by atoms with Gasteiger partial charge in [0, 0.05) is 49.9 Å². The standard InChI is InChI=1S/C24H27F2N7O2/c1-34-21-10-18(11-27-30-21)32-12-14-4-5-15(13-32)22(14)28-24-29-23-20(3-2-6-33(23)31-24)35-19-8-16(25)7-17(26)9-19/h7-11,14-15,20,22H,2-6,12-13H2,1H3,(H,28,31)/t14-,15+,20-,22-/m1/s1. The van der Waals surface area contributed by atoms with Gasteiger partial charge in [0.2, 0.25) is 11.8 Å². The number of anilines is 2. The molecule has 11 heteroatoms. The van der Waals surface area contributed by atoms with Crippen LogP contribution in [0.2, 0.25) is 0 Å². The lowest BCUT2D eigenvalue weighted by Gasteiger charge is -2.39. The Labute approximate surface area is 201 Å². The molecule has 2 fully saturated rings. The van der Waals surface area contributed by atoms with Crippen LogP contribution in [0.15, 0.2) is 30.5 Å². The van der Waals surface area contributed by atoms with Gasteiger partial charge in [0.25, 0.3) is 0 Å². The summed E-state index contributed by atoms with van der Waals surface area (Å²) in [6.07, 6.45) is 5.22. The van der Waals surface area contributed by atoms with Crippen LogP contribution >= 0.6 is 0 Å². The van der Waals surface area contributed by atoms with Gasteiger partial charge < -0.3 is 19.7 Å². The number of ether oxygens (including phenoxy) is 2. The van der Waals surface area contributed by atoms with E-state index in [-0.39, 0.29) is 11.8 Å². The van der Waals surface area contributed by atoms with Gasteiger partial charge in [-0.15, -0.1) is 10.2 Å². The molecule has 2 bridgehead atoms. The largest absolute Gasteiger partial charge is 0.482 e. The fourth-order valence-electron chi connectivity index (χ4n) is 5.67. The fraction of sp³-hybridized carbons (Fsp3) is 0.500. The summed E-state index contributed by atoms with van der Waals surface area (Å²) in [6, 6.07) is 5.42. The van der Waals surface area contributed by atoms with Gasteiger partial charge in [-0.3, -0.25) is 0 Å². The molecule has 0 radical (unpaired) electrons. The quantitative estimate of drug-likeness (QED) is 0.569. The minimum Gasteiger partial charge on any atom is -0.482 e. The summed E-state index contributed by atoms with van der Waals surface area (Å²) in [5.41, 5.74) is 1.02. The van der Waals surface area contributed by atoms with Crippen molar-refractivity contribution in [3.8, 4) is 11.6 Å². The number of aryl methyl sites for hydroxylation is 1. The average molecular weight is 484 g/mol. The Balaban J connectivity index is 1.16. The molecular weight excluding hydrogens is 456 g/mol. The lowest BCUT2D eigenvalue weighted by Crippen LogP contribution is -2.48. The maximum atomic E-state index is 13.6. The van der Waals surface area contributed by atoms with Crippen molar-refractivity contribution in [3.63, 3.8) is 0 Å². The molecular formula is C24H27F2N7O2. The highest BCUT2D eigenvalue weighted by Crippen LogP contribution is 2.40. The lowest BCUT2D eigenvalue weighted by molar-refractivity contribution is 0.154. The number of halogens is 2. The molecule has 0 spiro atoms. The topological polar surface area (TPSA) is 90.2 Å². The predicted molar refractivity (Wildman–Crippen MR) is 123 cm³/mol. The summed E-state index contributed by atoms with van der Waals surface area (Å²) in [5, 5.41) is 16.3. The van der Waals surface area contributed by atoms with Crippen molar-refractivity contribution in [3.05, 3.63) is 47.9 Å². The molecule has 6 rings (SSSR count). The highest BCUT2D eigenvalue weighted by Gasteiger charge is 2.43. The normalized spacial score (nSPS) is 25.3. The number of benzene rings is 1. The molecule has 184 valence electrons. The van der Waals surface area contributed by atoms with E-state index in [9.17, 15) is 8.78 Å². The zero-order valence-electron chi connectivity index (χ0n) is 19.4. The van der Waals surface area contributed by atoms with Gasteiger partial charge in [0.05, 0.1) is 19.0 Å². The highest BCUT2D eigenvalue weighted by atomic mass is 19.1. The molecule has 0 amide bonds. The molecule has 1 saturated heterocycles. The van der Waals surface area contributed by atoms with Gasteiger partial charge >= 0.3 is 0 Å². The van der Waals surface area contributed by atoms with Crippen LogP contribution in [0.4, 0.5) is 20.4 Å². The van der Waals surface area contributed by atoms with Crippen molar-refractivity contribution >= 4 is 11.6 Å². The van der Waals surface area contributed by atoms with Gasteiger partial charge in [-0.05, 0) is 37.5 Å².